The number of benzene rings is 1. The van der Waals surface area contributed by atoms with Crippen molar-refractivity contribution in [3.8, 4) is 5.75 Å². The van der Waals surface area contributed by atoms with Crippen LogP contribution in [0.5, 0.6) is 5.75 Å². The van der Waals surface area contributed by atoms with Crippen LogP contribution < -0.4 is 10.1 Å². The molecular formula is C18H21N3O3. The van der Waals surface area contributed by atoms with E-state index in [2.05, 4.69) is 10.3 Å². The molecule has 0 saturated heterocycles. The van der Waals surface area contributed by atoms with Crippen LogP contribution in [-0.4, -0.2) is 41.4 Å². The highest BCUT2D eigenvalue weighted by atomic mass is 16.5. The zero-order valence-electron chi connectivity index (χ0n) is 13.6. The Morgan fingerprint density at radius 1 is 1.17 bits per heavy atom. The Morgan fingerprint density at radius 2 is 1.96 bits per heavy atom. The molecule has 6 nitrogen and oxygen atoms in total. The second-order valence-corrected chi connectivity index (χ2v) is 5.25. The fourth-order valence-electron chi connectivity index (χ4n) is 2.11. The summed E-state index contributed by atoms with van der Waals surface area (Å²) in [5.41, 5.74) is 0.950. The predicted octanol–water partition coefficient (Wildman–Crippen LogP) is 1.63. The first-order valence-corrected chi connectivity index (χ1v) is 7.74. The second kappa shape index (κ2) is 9.29. The van der Waals surface area contributed by atoms with Crippen molar-refractivity contribution in [2.75, 3.05) is 19.7 Å². The van der Waals surface area contributed by atoms with Gasteiger partial charge in [0.25, 0.3) is 5.91 Å². The van der Waals surface area contributed by atoms with Gasteiger partial charge in [-0.3, -0.25) is 14.6 Å². The molecule has 126 valence electrons. The molecule has 1 aromatic heterocycles. The van der Waals surface area contributed by atoms with Crippen LogP contribution in [0.15, 0.2) is 54.9 Å². The number of ether oxygens (including phenoxy) is 1. The first kappa shape index (κ1) is 17.5. The highest BCUT2D eigenvalue weighted by molar-refractivity contribution is 5.77. The number of carbonyl (C=O) groups is 2. The van der Waals surface area contributed by atoms with E-state index in [1.54, 1.807) is 29.4 Å². The van der Waals surface area contributed by atoms with E-state index in [1.165, 1.54) is 6.92 Å². The van der Waals surface area contributed by atoms with E-state index in [1.807, 2.05) is 30.3 Å². The summed E-state index contributed by atoms with van der Waals surface area (Å²) in [6.45, 7) is 2.74. The number of hydrogen-bond donors (Lipinski definition) is 1. The zero-order valence-corrected chi connectivity index (χ0v) is 13.6. The van der Waals surface area contributed by atoms with E-state index in [4.69, 9.17) is 4.74 Å². The van der Waals surface area contributed by atoms with E-state index in [0.29, 0.717) is 25.4 Å². The smallest absolute Gasteiger partial charge is 0.258 e. The van der Waals surface area contributed by atoms with Crippen LogP contribution in [0, 0.1) is 0 Å². The van der Waals surface area contributed by atoms with Gasteiger partial charge in [-0.15, -0.1) is 0 Å². The van der Waals surface area contributed by atoms with Crippen LogP contribution in [0.4, 0.5) is 0 Å². The normalized spacial score (nSPS) is 10.0. The van der Waals surface area contributed by atoms with Crippen LogP contribution in [0.2, 0.25) is 0 Å². The van der Waals surface area contributed by atoms with E-state index < -0.39 is 0 Å². The molecule has 0 aliphatic rings. The molecule has 0 saturated carbocycles. The van der Waals surface area contributed by atoms with Gasteiger partial charge in [0, 0.05) is 39.0 Å². The van der Waals surface area contributed by atoms with Crippen LogP contribution in [0.3, 0.4) is 0 Å². The Morgan fingerprint density at radius 3 is 2.62 bits per heavy atom. The summed E-state index contributed by atoms with van der Waals surface area (Å²) in [5.74, 6) is 0.381. The standard InChI is InChI=1S/C18H21N3O3/c1-15(22)21(13-16-6-5-9-19-12-16)11-10-20-18(23)14-24-17-7-3-2-4-8-17/h2-9,12H,10-11,13-14H2,1H3,(H,20,23). The number of amides is 2. The molecule has 0 bridgehead atoms. The number of pyridine rings is 1. The third kappa shape index (κ3) is 6.08. The Hall–Kier alpha value is -2.89. The molecule has 0 fully saturated rings. The molecule has 0 atom stereocenters. The zero-order chi connectivity index (χ0) is 17.2. The van der Waals surface area contributed by atoms with Crippen LogP contribution >= 0.6 is 0 Å². The molecule has 0 aliphatic heterocycles. The summed E-state index contributed by atoms with van der Waals surface area (Å²) in [6.07, 6.45) is 3.41. The molecule has 1 heterocycles. The average Bonchev–Trinajstić information content (AvgIpc) is 2.61. The fraction of sp³-hybridized carbons (Fsp3) is 0.278. The van der Waals surface area contributed by atoms with Gasteiger partial charge in [0.15, 0.2) is 6.61 Å². The maximum atomic E-state index is 11.8. The van der Waals surface area contributed by atoms with Gasteiger partial charge in [0.2, 0.25) is 5.91 Å². The highest BCUT2D eigenvalue weighted by Gasteiger charge is 2.10. The molecule has 0 aliphatic carbocycles. The lowest BCUT2D eigenvalue weighted by Crippen LogP contribution is -2.38. The molecule has 1 N–H and O–H groups in total. The molecule has 2 aromatic rings. The van der Waals surface area contributed by atoms with Gasteiger partial charge in [0.05, 0.1) is 0 Å². The molecular weight excluding hydrogens is 306 g/mol. The lowest BCUT2D eigenvalue weighted by Gasteiger charge is -2.21. The SMILES string of the molecule is CC(=O)N(CCNC(=O)COc1ccccc1)Cc1cccnc1. The largest absolute Gasteiger partial charge is 0.484 e. The molecule has 1 aromatic carbocycles. The van der Waals surface area contributed by atoms with Crippen molar-refractivity contribution in [2.45, 2.75) is 13.5 Å². The summed E-state index contributed by atoms with van der Waals surface area (Å²) in [6, 6.07) is 12.9. The number of hydrogen-bond acceptors (Lipinski definition) is 4. The Bertz CT molecular complexity index is 647. The van der Waals surface area contributed by atoms with E-state index in [0.717, 1.165) is 5.56 Å². The molecule has 0 unspecified atom stereocenters. The van der Waals surface area contributed by atoms with Gasteiger partial charge in [0.1, 0.15) is 5.75 Å². The van der Waals surface area contributed by atoms with Crippen molar-refractivity contribution in [3.05, 3.63) is 60.4 Å². The molecule has 2 amide bonds. The first-order valence-electron chi connectivity index (χ1n) is 7.74. The fourth-order valence-corrected chi connectivity index (χ4v) is 2.11. The van der Waals surface area contributed by atoms with Gasteiger partial charge in [-0.1, -0.05) is 24.3 Å². The Balaban J connectivity index is 1.72. The lowest BCUT2D eigenvalue weighted by molar-refractivity contribution is -0.130. The number of nitrogens with one attached hydrogen (secondary N) is 1. The van der Waals surface area contributed by atoms with Gasteiger partial charge >= 0.3 is 0 Å². The van der Waals surface area contributed by atoms with Gasteiger partial charge < -0.3 is 15.0 Å². The summed E-state index contributed by atoms with van der Waals surface area (Å²) in [7, 11) is 0. The topological polar surface area (TPSA) is 71.5 Å². The summed E-state index contributed by atoms with van der Waals surface area (Å²) >= 11 is 0. The third-order valence-electron chi connectivity index (χ3n) is 3.36. The summed E-state index contributed by atoms with van der Waals surface area (Å²) < 4.78 is 5.37. The minimum Gasteiger partial charge on any atom is -0.484 e. The maximum absolute atomic E-state index is 11.8. The van der Waals surface area contributed by atoms with E-state index in [-0.39, 0.29) is 18.4 Å². The minimum atomic E-state index is -0.219. The monoisotopic (exact) mass is 327 g/mol. The highest BCUT2D eigenvalue weighted by Crippen LogP contribution is 2.07. The summed E-state index contributed by atoms with van der Waals surface area (Å²) in [4.78, 5) is 29.2. The van der Waals surface area contributed by atoms with Crippen molar-refractivity contribution < 1.29 is 14.3 Å². The first-order chi connectivity index (χ1) is 11.6. The number of nitrogens with zero attached hydrogens (tertiary/aromatic N) is 2. The molecule has 2 rings (SSSR count). The van der Waals surface area contributed by atoms with E-state index in [9.17, 15) is 9.59 Å². The lowest BCUT2D eigenvalue weighted by atomic mass is 10.2. The van der Waals surface area contributed by atoms with Gasteiger partial charge in [-0.05, 0) is 23.8 Å². The van der Waals surface area contributed by atoms with E-state index >= 15 is 0 Å². The Labute approximate surface area is 141 Å². The summed E-state index contributed by atoms with van der Waals surface area (Å²) in [5, 5.41) is 2.75. The van der Waals surface area contributed by atoms with Gasteiger partial charge in [-0.2, -0.15) is 0 Å². The molecule has 0 radical (unpaired) electrons. The Kier molecular flexibility index (Phi) is 6.76. The molecule has 6 heteroatoms. The number of carbonyl (C=O) groups excluding carboxylic acids is 2. The number of para-hydroxylation sites is 1. The number of aromatic nitrogens is 1. The second-order valence-electron chi connectivity index (χ2n) is 5.25. The van der Waals surface area contributed by atoms with Crippen LogP contribution in [-0.2, 0) is 16.1 Å². The van der Waals surface area contributed by atoms with Crippen molar-refractivity contribution in [1.82, 2.24) is 15.2 Å². The molecule has 0 spiro atoms. The quantitative estimate of drug-likeness (QED) is 0.800. The van der Waals surface area contributed by atoms with Crippen molar-refractivity contribution >= 4 is 11.8 Å². The third-order valence-corrected chi connectivity index (χ3v) is 3.36. The van der Waals surface area contributed by atoms with Crippen molar-refractivity contribution in [2.24, 2.45) is 0 Å². The van der Waals surface area contributed by atoms with Crippen LogP contribution in [0.25, 0.3) is 0 Å². The molecule has 24 heavy (non-hydrogen) atoms. The van der Waals surface area contributed by atoms with Gasteiger partial charge in [-0.25, -0.2) is 0 Å². The average molecular weight is 327 g/mol. The van der Waals surface area contributed by atoms with Crippen LogP contribution in [0.1, 0.15) is 12.5 Å². The van der Waals surface area contributed by atoms with Crippen molar-refractivity contribution in [3.63, 3.8) is 0 Å². The minimum absolute atomic E-state index is 0.0476. The number of rotatable bonds is 8. The maximum Gasteiger partial charge on any atom is 0.258 e. The van der Waals surface area contributed by atoms with Crippen molar-refractivity contribution in [1.29, 1.82) is 0 Å². The predicted molar refractivity (Wildman–Crippen MR) is 90.3 cm³/mol.